The van der Waals surface area contributed by atoms with E-state index in [0.717, 1.165) is 26.2 Å². The number of likely N-dealkylation sites (N-methyl/N-ethyl adjacent to an activating group) is 1. The van der Waals surface area contributed by atoms with Crippen molar-refractivity contribution in [3.63, 3.8) is 0 Å². The van der Waals surface area contributed by atoms with E-state index in [1.165, 1.54) is 25.7 Å². The van der Waals surface area contributed by atoms with E-state index in [4.69, 9.17) is 4.74 Å². The van der Waals surface area contributed by atoms with Gasteiger partial charge in [-0.15, -0.1) is 0 Å². The van der Waals surface area contributed by atoms with Crippen LogP contribution in [0.3, 0.4) is 0 Å². The average molecular weight is 284 g/mol. The van der Waals surface area contributed by atoms with Crippen LogP contribution in [0.5, 0.6) is 0 Å². The Morgan fingerprint density at radius 2 is 1.95 bits per heavy atom. The lowest BCUT2D eigenvalue weighted by Gasteiger charge is -2.37. The molecule has 2 atom stereocenters. The molecule has 0 spiro atoms. The van der Waals surface area contributed by atoms with E-state index in [1.54, 1.807) is 0 Å². The van der Waals surface area contributed by atoms with Gasteiger partial charge in [-0.25, -0.2) is 0 Å². The molecule has 0 aromatic carbocycles. The molecule has 1 saturated heterocycles. The third-order valence-electron chi connectivity index (χ3n) is 4.09. The molecule has 0 aromatic heterocycles. The van der Waals surface area contributed by atoms with Crippen LogP contribution in [0.2, 0.25) is 0 Å². The van der Waals surface area contributed by atoms with E-state index in [2.05, 4.69) is 51.9 Å². The molecule has 1 heterocycles. The van der Waals surface area contributed by atoms with Gasteiger partial charge in [-0.05, 0) is 52.5 Å². The summed E-state index contributed by atoms with van der Waals surface area (Å²) in [5.41, 5.74) is 0.539. The minimum absolute atomic E-state index is 0.197. The number of rotatable bonds is 8. The first-order valence-electron chi connectivity index (χ1n) is 8.29. The van der Waals surface area contributed by atoms with Gasteiger partial charge in [0.1, 0.15) is 0 Å². The summed E-state index contributed by atoms with van der Waals surface area (Å²) in [6, 6.07) is 0. The second-order valence-electron chi connectivity index (χ2n) is 8.00. The maximum Gasteiger partial charge on any atom is 0.0702 e. The standard InChI is InChI=1S/C17H36N2O/c1-7-10-17(5,13-18-16(2,3)4)14-19(6)12-15-9-8-11-20-15/h15,18H,7-14H2,1-6H3. The van der Waals surface area contributed by atoms with E-state index in [1.807, 2.05) is 0 Å². The van der Waals surface area contributed by atoms with Crippen LogP contribution in [-0.4, -0.2) is 49.8 Å². The molecule has 1 aliphatic heterocycles. The van der Waals surface area contributed by atoms with Crippen molar-refractivity contribution in [3.05, 3.63) is 0 Å². The Hall–Kier alpha value is -0.120. The molecule has 1 rings (SSSR count). The van der Waals surface area contributed by atoms with Crippen molar-refractivity contribution in [1.29, 1.82) is 0 Å². The number of nitrogens with one attached hydrogen (secondary N) is 1. The van der Waals surface area contributed by atoms with Crippen LogP contribution in [0, 0.1) is 5.41 Å². The van der Waals surface area contributed by atoms with Crippen molar-refractivity contribution < 1.29 is 4.74 Å². The smallest absolute Gasteiger partial charge is 0.0702 e. The topological polar surface area (TPSA) is 24.5 Å². The normalized spacial score (nSPS) is 23.2. The highest BCUT2D eigenvalue weighted by molar-refractivity contribution is 4.84. The molecule has 3 heteroatoms. The molecule has 0 bridgehead atoms. The molecule has 120 valence electrons. The van der Waals surface area contributed by atoms with E-state index >= 15 is 0 Å². The summed E-state index contributed by atoms with van der Waals surface area (Å²) >= 11 is 0. The van der Waals surface area contributed by atoms with Crippen LogP contribution in [0.15, 0.2) is 0 Å². The molecule has 0 aliphatic carbocycles. The third-order valence-corrected chi connectivity index (χ3v) is 4.09. The quantitative estimate of drug-likeness (QED) is 0.740. The van der Waals surface area contributed by atoms with Gasteiger partial charge in [0.2, 0.25) is 0 Å². The molecule has 1 aliphatic rings. The van der Waals surface area contributed by atoms with Gasteiger partial charge in [-0.3, -0.25) is 0 Å². The van der Waals surface area contributed by atoms with Crippen molar-refractivity contribution in [1.82, 2.24) is 10.2 Å². The molecule has 1 fully saturated rings. The number of nitrogens with zero attached hydrogens (tertiary/aromatic N) is 1. The number of ether oxygens (including phenoxy) is 1. The third kappa shape index (κ3) is 7.05. The zero-order valence-corrected chi connectivity index (χ0v) is 14.6. The van der Waals surface area contributed by atoms with Gasteiger partial charge in [-0.2, -0.15) is 0 Å². The highest BCUT2D eigenvalue weighted by atomic mass is 16.5. The maximum atomic E-state index is 5.75. The Morgan fingerprint density at radius 1 is 1.25 bits per heavy atom. The first kappa shape index (κ1) is 17.9. The SMILES string of the molecule is CCCC(C)(CNC(C)(C)C)CN(C)CC1CCCO1. The molecule has 0 aromatic rings. The van der Waals surface area contributed by atoms with Gasteiger partial charge >= 0.3 is 0 Å². The van der Waals surface area contributed by atoms with Crippen LogP contribution in [0.25, 0.3) is 0 Å². The van der Waals surface area contributed by atoms with Gasteiger partial charge in [0.25, 0.3) is 0 Å². The van der Waals surface area contributed by atoms with Crippen molar-refractivity contribution in [2.45, 2.75) is 71.9 Å². The number of hydrogen-bond acceptors (Lipinski definition) is 3. The fourth-order valence-electron chi connectivity index (χ4n) is 3.16. The Bertz CT molecular complexity index is 269. The highest BCUT2D eigenvalue weighted by Gasteiger charge is 2.28. The summed E-state index contributed by atoms with van der Waals surface area (Å²) in [4.78, 5) is 2.47. The Balaban J connectivity index is 2.46. The molecular weight excluding hydrogens is 248 g/mol. The predicted molar refractivity (Wildman–Crippen MR) is 87.2 cm³/mol. The summed E-state index contributed by atoms with van der Waals surface area (Å²) < 4.78 is 5.75. The molecule has 0 amide bonds. The van der Waals surface area contributed by atoms with Gasteiger partial charge < -0.3 is 15.0 Å². The van der Waals surface area contributed by atoms with Crippen LogP contribution in [-0.2, 0) is 4.74 Å². The Labute approximate surface area is 126 Å². The molecule has 3 nitrogen and oxygen atoms in total. The summed E-state index contributed by atoms with van der Waals surface area (Å²) in [5.74, 6) is 0. The molecule has 0 radical (unpaired) electrons. The monoisotopic (exact) mass is 284 g/mol. The predicted octanol–water partition coefficient (Wildman–Crippen LogP) is 3.29. The zero-order valence-electron chi connectivity index (χ0n) is 14.6. The van der Waals surface area contributed by atoms with Gasteiger partial charge in [0, 0.05) is 31.8 Å². The highest BCUT2D eigenvalue weighted by Crippen LogP contribution is 2.25. The first-order valence-corrected chi connectivity index (χ1v) is 8.29. The summed E-state index contributed by atoms with van der Waals surface area (Å²) in [7, 11) is 2.24. The van der Waals surface area contributed by atoms with Crippen molar-refractivity contribution in [2.75, 3.05) is 33.3 Å². The largest absolute Gasteiger partial charge is 0.377 e. The summed E-state index contributed by atoms with van der Waals surface area (Å²) in [5, 5.41) is 3.69. The van der Waals surface area contributed by atoms with E-state index < -0.39 is 0 Å². The van der Waals surface area contributed by atoms with Gasteiger partial charge in [0.05, 0.1) is 6.10 Å². The van der Waals surface area contributed by atoms with Crippen LogP contribution in [0.4, 0.5) is 0 Å². The molecular formula is C17H36N2O. The summed E-state index contributed by atoms with van der Waals surface area (Å²) in [6.45, 7) is 15.7. The van der Waals surface area contributed by atoms with E-state index in [0.29, 0.717) is 11.5 Å². The second kappa shape index (κ2) is 7.77. The average Bonchev–Trinajstić information content (AvgIpc) is 2.78. The number of hydrogen-bond donors (Lipinski definition) is 1. The van der Waals surface area contributed by atoms with Crippen molar-refractivity contribution >= 4 is 0 Å². The Kier molecular flexibility index (Phi) is 6.96. The van der Waals surface area contributed by atoms with Crippen LogP contribution < -0.4 is 5.32 Å². The second-order valence-corrected chi connectivity index (χ2v) is 8.00. The molecule has 1 N–H and O–H groups in total. The van der Waals surface area contributed by atoms with E-state index in [9.17, 15) is 0 Å². The van der Waals surface area contributed by atoms with Crippen LogP contribution in [0.1, 0.15) is 60.3 Å². The molecule has 20 heavy (non-hydrogen) atoms. The fourth-order valence-corrected chi connectivity index (χ4v) is 3.16. The van der Waals surface area contributed by atoms with Crippen LogP contribution >= 0.6 is 0 Å². The minimum atomic E-state index is 0.197. The summed E-state index contributed by atoms with van der Waals surface area (Å²) in [6.07, 6.45) is 5.44. The first-order chi connectivity index (χ1) is 9.24. The zero-order chi connectivity index (χ0) is 15.2. The van der Waals surface area contributed by atoms with Gasteiger partial charge in [0.15, 0.2) is 0 Å². The lowest BCUT2D eigenvalue weighted by atomic mass is 9.84. The lowest BCUT2D eigenvalue weighted by molar-refractivity contribution is 0.0641. The van der Waals surface area contributed by atoms with E-state index in [-0.39, 0.29) is 5.54 Å². The van der Waals surface area contributed by atoms with Crippen molar-refractivity contribution in [2.24, 2.45) is 5.41 Å². The maximum absolute atomic E-state index is 5.75. The van der Waals surface area contributed by atoms with Gasteiger partial charge in [-0.1, -0.05) is 20.3 Å². The molecule has 2 unspecified atom stereocenters. The lowest BCUT2D eigenvalue weighted by Crippen LogP contribution is -2.47. The Morgan fingerprint density at radius 3 is 2.45 bits per heavy atom. The fraction of sp³-hybridized carbons (Fsp3) is 1.00. The molecule has 0 saturated carbocycles. The van der Waals surface area contributed by atoms with Crippen molar-refractivity contribution in [3.8, 4) is 0 Å². The minimum Gasteiger partial charge on any atom is -0.377 e.